The van der Waals surface area contributed by atoms with Crippen LogP contribution in [0.25, 0.3) is 22.0 Å². The van der Waals surface area contributed by atoms with Crippen LogP contribution in [0.2, 0.25) is 0 Å². The molecule has 31 heavy (non-hydrogen) atoms. The predicted molar refractivity (Wildman–Crippen MR) is 125 cm³/mol. The number of ketones is 1. The molecule has 0 bridgehead atoms. The van der Waals surface area contributed by atoms with Gasteiger partial charge in [0.15, 0.2) is 5.78 Å². The first-order valence-corrected chi connectivity index (χ1v) is 10.8. The Bertz CT molecular complexity index is 1340. The Morgan fingerprint density at radius 1 is 0.839 bits per heavy atom. The van der Waals surface area contributed by atoms with E-state index in [0.717, 1.165) is 45.4 Å². The number of allylic oxidation sites excluding steroid dienone is 2. The maximum Gasteiger partial charge on any atom is 0.161 e. The maximum atomic E-state index is 13.1. The molecule has 0 saturated heterocycles. The van der Waals surface area contributed by atoms with Crippen LogP contribution in [0.4, 0.5) is 5.69 Å². The van der Waals surface area contributed by atoms with E-state index in [1.165, 1.54) is 11.1 Å². The molecule has 3 nitrogen and oxygen atoms in total. The fourth-order valence-corrected chi connectivity index (χ4v) is 4.94. The van der Waals surface area contributed by atoms with Gasteiger partial charge in [0.2, 0.25) is 0 Å². The lowest BCUT2D eigenvalue weighted by Crippen LogP contribution is -2.26. The molecule has 6 rings (SSSR count). The van der Waals surface area contributed by atoms with Crippen molar-refractivity contribution in [2.75, 3.05) is 5.32 Å². The fraction of sp³-hybridized carbons (Fsp3) is 0.143. The number of hydrogen-bond donors (Lipinski definition) is 1. The molecule has 1 atom stereocenters. The number of hydrogen-bond acceptors (Lipinski definition) is 3. The smallest absolute Gasteiger partial charge is 0.161 e. The van der Waals surface area contributed by atoms with Crippen LogP contribution in [0, 0.1) is 0 Å². The van der Waals surface area contributed by atoms with Crippen molar-refractivity contribution < 1.29 is 4.79 Å². The molecule has 3 heteroatoms. The van der Waals surface area contributed by atoms with Gasteiger partial charge in [-0.25, -0.2) is 0 Å². The topological polar surface area (TPSA) is 42.0 Å². The number of carbonyl (C=O) groups excluding carboxylic acids is 1. The van der Waals surface area contributed by atoms with Crippen LogP contribution in [0.15, 0.2) is 96.3 Å². The minimum Gasteiger partial charge on any atom is -0.358 e. The van der Waals surface area contributed by atoms with Crippen molar-refractivity contribution in [3.63, 3.8) is 0 Å². The lowest BCUT2D eigenvalue weighted by atomic mass is 9.78. The summed E-state index contributed by atoms with van der Waals surface area (Å²) in [7, 11) is 0. The first-order valence-electron chi connectivity index (χ1n) is 10.8. The quantitative estimate of drug-likeness (QED) is 0.430. The third-order valence-corrected chi connectivity index (χ3v) is 6.58. The lowest BCUT2D eigenvalue weighted by molar-refractivity contribution is -0.116. The van der Waals surface area contributed by atoms with E-state index in [-0.39, 0.29) is 11.7 Å². The molecule has 2 aliphatic rings. The van der Waals surface area contributed by atoms with Crippen molar-refractivity contribution in [1.29, 1.82) is 0 Å². The Hall–Kier alpha value is -3.72. The van der Waals surface area contributed by atoms with Gasteiger partial charge in [-0.15, -0.1) is 0 Å². The van der Waals surface area contributed by atoms with Crippen molar-refractivity contribution in [3.05, 3.63) is 107 Å². The molecule has 1 aromatic heterocycles. The molecule has 0 spiro atoms. The SMILES string of the molecule is O=C1CC(c2ccccc2)CC2=C1Cc1c(ccc3ncc(-c4ccccc4)cc13)N2. The lowest BCUT2D eigenvalue weighted by Gasteiger charge is -2.32. The highest BCUT2D eigenvalue weighted by Gasteiger charge is 2.32. The zero-order valence-electron chi connectivity index (χ0n) is 17.1. The second-order valence-electron chi connectivity index (χ2n) is 8.45. The Morgan fingerprint density at radius 3 is 2.42 bits per heavy atom. The summed E-state index contributed by atoms with van der Waals surface area (Å²) in [5, 5.41) is 4.73. The van der Waals surface area contributed by atoms with Crippen molar-refractivity contribution in [2.24, 2.45) is 0 Å². The molecular formula is C28H22N2O. The molecule has 4 aromatic rings. The Morgan fingerprint density at radius 2 is 1.61 bits per heavy atom. The number of nitrogens with zero attached hydrogens (tertiary/aromatic N) is 1. The molecule has 2 heterocycles. The Kier molecular flexibility index (Phi) is 4.20. The van der Waals surface area contributed by atoms with E-state index >= 15 is 0 Å². The van der Waals surface area contributed by atoms with Gasteiger partial charge in [0.25, 0.3) is 0 Å². The minimum absolute atomic E-state index is 0.244. The van der Waals surface area contributed by atoms with Crippen molar-refractivity contribution >= 4 is 22.4 Å². The monoisotopic (exact) mass is 402 g/mol. The van der Waals surface area contributed by atoms with Crippen LogP contribution in [0.3, 0.4) is 0 Å². The third kappa shape index (κ3) is 3.14. The van der Waals surface area contributed by atoms with Crippen LogP contribution in [0.5, 0.6) is 0 Å². The highest BCUT2D eigenvalue weighted by molar-refractivity contribution is 6.02. The number of Topliss-reactive ketones (excluding diaryl/α,β-unsaturated/α-hetero) is 1. The van der Waals surface area contributed by atoms with Crippen molar-refractivity contribution in [1.82, 2.24) is 4.98 Å². The zero-order valence-corrected chi connectivity index (χ0v) is 17.1. The summed E-state index contributed by atoms with van der Waals surface area (Å²) >= 11 is 0. The molecule has 1 unspecified atom stereocenters. The molecule has 1 aliphatic carbocycles. The van der Waals surface area contributed by atoms with Gasteiger partial charge in [0, 0.05) is 46.9 Å². The number of carbonyl (C=O) groups is 1. The summed E-state index contributed by atoms with van der Waals surface area (Å²) in [6.45, 7) is 0. The average Bonchev–Trinajstić information content (AvgIpc) is 2.83. The van der Waals surface area contributed by atoms with Crippen LogP contribution < -0.4 is 5.32 Å². The van der Waals surface area contributed by atoms with Crippen LogP contribution in [0.1, 0.15) is 29.9 Å². The van der Waals surface area contributed by atoms with Crippen molar-refractivity contribution in [3.8, 4) is 11.1 Å². The number of benzene rings is 3. The van der Waals surface area contributed by atoms with Crippen LogP contribution in [-0.4, -0.2) is 10.8 Å². The fourth-order valence-electron chi connectivity index (χ4n) is 4.94. The molecule has 0 saturated carbocycles. The normalized spacial score (nSPS) is 17.8. The first kappa shape index (κ1) is 18.1. The second kappa shape index (κ2) is 7.21. The summed E-state index contributed by atoms with van der Waals surface area (Å²) in [4.78, 5) is 17.8. The highest BCUT2D eigenvalue weighted by atomic mass is 16.1. The number of nitrogens with one attached hydrogen (secondary N) is 1. The van der Waals surface area contributed by atoms with Gasteiger partial charge >= 0.3 is 0 Å². The Labute approximate surface area is 181 Å². The first-order chi connectivity index (χ1) is 15.3. The predicted octanol–water partition coefficient (Wildman–Crippen LogP) is 6.27. The van der Waals surface area contributed by atoms with E-state index in [0.29, 0.717) is 12.8 Å². The second-order valence-corrected chi connectivity index (χ2v) is 8.45. The van der Waals surface area contributed by atoms with E-state index in [1.807, 2.05) is 30.5 Å². The summed E-state index contributed by atoms with van der Waals surface area (Å²) < 4.78 is 0. The van der Waals surface area contributed by atoms with Crippen molar-refractivity contribution in [2.45, 2.75) is 25.2 Å². The Balaban J connectivity index is 1.40. The number of rotatable bonds is 2. The van der Waals surface area contributed by atoms with Crippen LogP contribution in [-0.2, 0) is 11.2 Å². The third-order valence-electron chi connectivity index (χ3n) is 6.58. The highest BCUT2D eigenvalue weighted by Crippen LogP contribution is 2.42. The van der Waals surface area contributed by atoms with Gasteiger partial charge in [-0.2, -0.15) is 0 Å². The molecule has 3 aromatic carbocycles. The summed E-state index contributed by atoms with van der Waals surface area (Å²) in [6.07, 6.45) is 4.07. The van der Waals surface area contributed by atoms with Gasteiger partial charge in [-0.3, -0.25) is 9.78 Å². The molecule has 150 valence electrons. The standard InChI is InChI=1S/C28H22N2O/c31-28-15-20(18-7-3-1-4-8-18)14-27-24(28)16-23-22-13-21(19-9-5-2-6-10-19)17-29-25(22)11-12-26(23)30-27/h1-13,17,20,30H,14-16H2. The number of anilines is 1. The molecule has 0 fully saturated rings. The maximum absolute atomic E-state index is 13.1. The molecule has 1 aliphatic heterocycles. The number of aromatic nitrogens is 1. The van der Waals surface area contributed by atoms with Crippen LogP contribution >= 0.6 is 0 Å². The van der Waals surface area contributed by atoms with Gasteiger partial charge in [-0.1, -0.05) is 60.7 Å². The van der Waals surface area contributed by atoms with E-state index < -0.39 is 0 Å². The van der Waals surface area contributed by atoms with E-state index in [1.54, 1.807) is 0 Å². The van der Waals surface area contributed by atoms with Gasteiger partial charge < -0.3 is 5.32 Å². The van der Waals surface area contributed by atoms with Gasteiger partial charge in [-0.05, 0) is 47.2 Å². The summed E-state index contributed by atoms with van der Waals surface area (Å²) in [5.74, 6) is 0.505. The molecular weight excluding hydrogens is 380 g/mol. The molecule has 0 amide bonds. The number of pyridine rings is 1. The minimum atomic E-state index is 0.244. The average molecular weight is 402 g/mol. The van der Waals surface area contributed by atoms with E-state index in [4.69, 9.17) is 4.98 Å². The van der Waals surface area contributed by atoms with E-state index in [2.05, 4.69) is 59.9 Å². The molecule has 1 N–H and O–H groups in total. The zero-order chi connectivity index (χ0) is 20.8. The number of fused-ring (bicyclic) bond motifs is 3. The largest absolute Gasteiger partial charge is 0.358 e. The van der Waals surface area contributed by atoms with E-state index in [9.17, 15) is 4.79 Å². The van der Waals surface area contributed by atoms with Gasteiger partial charge in [0.05, 0.1) is 5.52 Å². The van der Waals surface area contributed by atoms with Gasteiger partial charge in [0.1, 0.15) is 0 Å². The summed E-state index contributed by atoms with van der Waals surface area (Å²) in [5.41, 5.74) is 8.76. The summed E-state index contributed by atoms with van der Waals surface area (Å²) in [6, 6.07) is 27.1. The molecule has 0 radical (unpaired) electrons.